The Hall–Kier alpha value is -4.65. The number of fused-ring (bicyclic) bond motifs is 1. The standard InChI is InChI=1S/C29H24N6/c1-20-8-7-9-21(14-20)18-34-19-23(25-12-5-6-13-27(25)34)15-22(16-30)28-26(17-31)29(32)35(33-28)24-10-3-2-4-11-24/h2-15,19,26,29H,18,32H2,1H3/b22-15-/t26-,29-/m1/s1. The lowest BCUT2D eigenvalue weighted by atomic mass is 9.95. The summed E-state index contributed by atoms with van der Waals surface area (Å²) in [5.74, 6) is -0.721. The first kappa shape index (κ1) is 22.2. The highest BCUT2D eigenvalue weighted by molar-refractivity contribution is 6.12. The number of nitrogens with two attached hydrogens (primary N) is 1. The van der Waals surface area contributed by atoms with Gasteiger partial charge in [-0.3, -0.25) is 0 Å². The summed E-state index contributed by atoms with van der Waals surface area (Å²) in [4.78, 5) is 0. The van der Waals surface area contributed by atoms with Crippen molar-refractivity contribution in [3.8, 4) is 12.1 Å². The molecule has 0 saturated heterocycles. The highest BCUT2D eigenvalue weighted by Crippen LogP contribution is 2.30. The maximum absolute atomic E-state index is 10.1. The molecule has 0 fully saturated rings. The molecule has 1 aliphatic heterocycles. The van der Waals surface area contributed by atoms with Crippen molar-refractivity contribution in [2.45, 2.75) is 19.6 Å². The SMILES string of the molecule is Cc1cccc(Cn2cc(/C=C(/C#N)C3=NN(c4ccccc4)[C@@H](N)[C@@H]3C#N)c3ccccc32)c1. The highest BCUT2D eigenvalue weighted by atomic mass is 15.5. The van der Waals surface area contributed by atoms with Crippen LogP contribution >= 0.6 is 0 Å². The molecule has 0 radical (unpaired) electrons. The number of para-hydroxylation sites is 2. The average Bonchev–Trinajstić information content (AvgIpc) is 3.40. The Bertz CT molecular complexity index is 1530. The molecule has 2 heterocycles. The smallest absolute Gasteiger partial charge is 0.127 e. The number of anilines is 1. The van der Waals surface area contributed by atoms with E-state index in [0.717, 1.165) is 22.2 Å². The summed E-state index contributed by atoms with van der Waals surface area (Å²) in [7, 11) is 0. The first-order valence-corrected chi connectivity index (χ1v) is 11.4. The van der Waals surface area contributed by atoms with Crippen LogP contribution in [-0.2, 0) is 6.54 Å². The molecule has 1 aromatic heterocycles. The second-order valence-electron chi connectivity index (χ2n) is 8.65. The van der Waals surface area contributed by atoms with E-state index in [1.165, 1.54) is 11.1 Å². The van der Waals surface area contributed by atoms with E-state index >= 15 is 0 Å². The van der Waals surface area contributed by atoms with Gasteiger partial charge in [0, 0.05) is 29.2 Å². The van der Waals surface area contributed by atoms with E-state index in [0.29, 0.717) is 17.8 Å². The van der Waals surface area contributed by atoms with Crippen molar-refractivity contribution < 1.29 is 0 Å². The summed E-state index contributed by atoms with van der Waals surface area (Å²) >= 11 is 0. The fraction of sp³-hybridized carbons (Fsp3) is 0.138. The highest BCUT2D eigenvalue weighted by Gasteiger charge is 2.37. The molecular weight excluding hydrogens is 432 g/mol. The van der Waals surface area contributed by atoms with Gasteiger partial charge < -0.3 is 10.3 Å². The maximum Gasteiger partial charge on any atom is 0.127 e. The Kier molecular flexibility index (Phi) is 5.89. The second kappa shape index (κ2) is 9.30. The molecule has 0 unspecified atom stereocenters. The number of allylic oxidation sites excluding steroid dienone is 1. The third kappa shape index (κ3) is 4.19. The van der Waals surface area contributed by atoms with Crippen LogP contribution in [-0.4, -0.2) is 16.4 Å². The monoisotopic (exact) mass is 456 g/mol. The van der Waals surface area contributed by atoms with Gasteiger partial charge in [0.1, 0.15) is 18.2 Å². The topological polar surface area (TPSA) is 94.1 Å². The average molecular weight is 457 g/mol. The number of hydrazone groups is 1. The molecule has 3 aromatic carbocycles. The van der Waals surface area contributed by atoms with Gasteiger partial charge in [-0.1, -0.05) is 66.2 Å². The number of rotatable bonds is 5. The third-order valence-electron chi connectivity index (χ3n) is 6.24. The number of benzene rings is 3. The second-order valence-corrected chi connectivity index (χ2v) is 8.65. The van der Waals surface area contributed by atoms with Crippen LogP contribution < -0.4 is 10.7 Å². The van der Waals surface area contributed by atoms with E-state index < -0.39 is 12.1 Å². The molecule has 0 saturated carbocycles. The minimum atomic E-state index is -0.721. The number of aryl methyl sites for hydroxylation is 1. The summed E-state index contributed by atoms with van der Waals surface area (Å²) in [6, 6.07) is 30.5. The van der Waals surface area contributed by atoms with Gasteiger partial charge in [-0.2, -0.15) is 15.6 Å². The predicted octanol–water partition coefficient (Wildman–Crippen LogP) is 5.21. The van der Waals surface area contributed by atoms with Gasteiger partial charge in [0.2, 0.25) is 0 Å². The van der Waals surface area contributed by atoms with Crippen LogP contribution in [0.3, 0.4) is 0 Å². The minimum Gasteiger partial charge on any atom is -0.342 e. The van der Waals surface area contributed by atoms with Crippen molar-refractivity contribution in [2.24, 2.45) is 16.8 Å². The van der Waals surface area contributed by atoms with Gasteiger partial charge in [0.25, 0.3) is 0 Å². The molecule has 6 heteroatoms. The quantitative estimate of drug-likeness (QED) is 0.417. The molecule has 170 valence electrons. The Balaban J connectivity index is 1.57. The van der Waals surface area contributed by atoms with Crippen molar-refractivity contribution >= 4 is 28.4 Å². The van der Waals surface area contributed by atoms with Gasteiger partial charge in [0.05, 0.1) is 23.0 Å². The predicted molar refractivity (Wildman–Crippen MR) is 139 cm³/mol. The molecule has 0 bridgehead atoms. The molecule has 0 amide bonds. The Morgan fingerprint density at radius 1 is 1.03 bits per heavy atom. The lowest BCUT2D eigenvalue weighted by molar-refractivity contribution is 0.624. The zero-order chi connectivity index (χ0) is 24.4. The van der Waals surface area contributed by atoms with E-state index in [9.17, 15) is 10.5 Å². The largest absolute Gasteiger partial charge is 0.342 e. The van der Waals surface area contributed by atoms with Crippen LogP contribution in [0.2, 0.25) is 0 Å². The first-order valence-electron chi connectivity index (χ1n) is 11.4. The van der Waals surface area contributed by atoms with Crippen molar-refractivity contribution in [1.82, 2.24) is 4.57 Å². The number of hydrogen-bond donors (Lipinski definition) is 1. The lowest BCUT2D eigenvalue weighted by Crippen LogP contribution is -2.40. The number of aromatic nitrogens is 1. The zero-order valence-corrected chi connectivity index (χ0v) is 19.3. The summed E-state index contributed by atoms with van der Waals surface area (Å²) < 4.78 is 2.19. The first-order chi connectivity index (χ1) is 17.1. The molecule has 1 aliphatic rings. The summed E-state index contributed by atoms with van der Waals surface area (Å²) in [5, 5.41) is 27.2. The van der Waals surface area contributed by atoms with Crippen LogP contribution in [0.4, 0.5) is 5.69 Å². The summed E-state index contributed by atoms with van der Waals surface area (Å²) in [5.41, 5.74) is 12.3. The minimum absolute atomic E-state index is 0.337. The lowest BCUT2D eigenvalue weighted by Gasteiger charge is -2.21. The van der Waals surface area contributed by atoms with E-state index in [-0.39, 0.29) is 0 Å². The Morgan fingerprint density at radius 3 is 2.54 bits per heavy atom. The molecule has 2 N–H and O–H groups in total. The van der Waals surface area contributed by atoms with E-state index in [2.05, 4.69) is 65.3 Å². The molecule has 4 aromatic rings. The van der Waals surface area contributed by atoms with Crippen LogP contribution in [0.5, 0.6) is 0 Å². The van der Waals surface area contributed by atoms with Crippen molar-refractivity contribution in [3.63, 3.8) is 0 Å². The molecule has 0 spiro atoms. The van der Waals surface area contributed by atoms with Crippen molar-refractivity contribution in [1.29, 1.82) is 10.5 Å². The molecular formula is C29H24N6. The van der Waals surface area contributed by atoms with Gasteiger partial charge in [0.15, 0.2) is 0 Å². The van der Waals surface area contributed by atoms with Gasteiger partial charge in [-0.25, -0.2) is 5.01 Å². The number of nitrogens with zero attached hydrogens (tertiary/aromatic N) is 5. The normalized spacial score (nSPS) is 17.8. The van der Waals surface area contributed by atoms with Gasteiger partial charge in [-0.15, -0.1) is 0 Å². The Morgan fingerprint density at radius 2 is 1.80 bits per heavy atom. The number of hydrogen-bond acceptors (Lipinski definition) is 5. The zero-order valence-electron chi connectivity index (χ0n) is 19.3. The summed E-state index contributed by atoms with van der Waals surface area (Å²) in [6.45, 7) is 2.80. The number of nitriles is 2. The third-order valence-corrected chi connectivity index (χ3v) is 6.24. The van der Waals surface area contributed by atoms with Crippen LogP contribution in [0, 0.1) is 35.5 Å². The van der Waals surface area contributed by atoms with Gasteiger partial charge in [-0.05, 0) is 36.8 Å². The summed E-state index contributed by atoms with van der Waals surface area (Å²) in [6.07, 6.45) is 3.20. The van der Waals surface area contributed by atoms with Crippen LogP contribution in [0.25, 0.3) is 17.0 Å². The maximum atomic E-state index is 10.1. The Labute approximate surface area is 204 Å². The molecule has 35 heavy (non-hydrogen) atoms. The van der Waals surface area contributed by atoms with Gasteiger partial charge >= 0.3 is 0 Å². The molecule has 2 atom stereocenters. The fourth-order valence-electron chi connectivity index (χ4n) is 4.56. The molecule has 6 nitrogen and oxygen atoms in total. The molecule has 5 rings (SSSR count). The molecule has 0 aliphatic carbocycles. The van der Waals surface area contributed by atoms with E-state index in [1.807, 2.05) is 54.6 Å². The van der Waals surface area contributed by atoms with E-state index in [1.54, 1.807) is 5.01 Å². The van der Waals surface area contributed by atoms with Crippen molar-refractivity contribution in [2.75, 3.05) is 5.01 Å². The van der Waals surface area contributed by atoms with Crippen molar-refractivity contribution in [3.05, 3.63) is 107 Å². The van der Waals surface area contributed by atoms with Crippen LogP contribution in [0.15, 0.2) is 95.7 Å². The van der Waals surface area contributed by atoms with Crippen LogP contribution in [0.1, 0.15) is 16.7 Å². The fourth-order valence-corrected chi connectivity index (χ4v) is 4.56. The van der Waals surface area contributed by atoms with E-state index in [4.69, 9.17) is 5.73 Å².